The first kappa shape index (κ1) is 19.5. The van der Waals surface area contributed by atoms with E-state index >= 15 is 0 Å². The van der Waals surface area contributed by atoms with Gasteiger partial charge in [0, 0.05) is 5.56 Å². The van der Waals surface area contributed by atoms with Crippen LogP contribution in [0.25, 0.3) is 22.3 Å². The molecule has 6 heteroatoms. The predicted molar refractivity (Wildman–Crippen MR) is 113 cm³/mol. The van der Waals surface area contributed by atoms with Gasteiger partial charge in [-0.25, -0.2) is 0 Å². The lowest BCUT2D eigenvalue weighted by molar-refractivity contribution is -0.123. The van der Waals surface area contributed by atoms with Gasteiger partial charge in [-0.05, 0) is 49.2 Å². The topological polar surface area (TPSA) is 81.7 Å². The standard InChI is InChI=1S/C24H21NO5/c1-15-11-19-20(12-16(15)2)30-23(17-7-4-3-5-8-17)24(22(19)27)29-14-21(26)25-13-18-9-6-10-28-18/h3-12H,13-14H2,1-2H3,(H,25,26). The first-order valence-corrected chi connectivity index (χ1v) is 9.58. The van der Waals surface area contributed by atoms with E-state index in [-0.39, 0.29) is 30.2 Å². The van der Waals surface area contributed by atoms with Crippen molar-refractivity contribution < 1.29 is 18.4 Å². The van der Waals surface area contributed by atoms with E-state index in [2.05, 4.69) is 5.32 Å². The van der Waals surface area contributed by atoms with E-state index in [4.69, 9.17) is 13.6 Å². The number of furan rings is 1. The van der Waals surface area contributed by atoms with Gasteiger partial charge in [0.2, 0.25) is 11.2 Å². The fourth-order valence-corrected chi connectivity index (χ4v) is 3.13. The van der Waals surface area contributed by atoms with E-state index in [0.29, 0.717) is 28.1 Å². The molecule has 6 nitrogen and oxygen atoms in total. The first-order valence-electron chi connectivity index (χ1n) is 9.58. The zero-order valence-corrected chi connectivity index (χ0v) is 16.7. The second kappa shape index (κ2) is 8.29. The maximum Gasteiger partial charge on any atom is 0.258 e. The van der Waals surface area contributed by atoms with Crippen molar-refractivity contribution in [3.63, 3.8) is 0 Å². The Morgan fingerprint density at radius 3 is 2.53 bits per heavy atom. The second-order valence-electron chi connectivity index (χ2n) is 7.03. The van der Waals surface area contributed by atoms with Crippen LogP contribution >= 0.6 is 0 Å². The van der Waals surface area contributed by atoms with Crippen LogP contribution in [0, 0.1) is 13.8 Å². The van der Waals surface area contributed by atoms with Gasteiger partial charge in [0.1, 0.15) is 11.3 Å². The number of rotatable bonds is 6. The summed E-state index contributed by atoms with van der Waals surface area (Å²) in [6.45, 7) is 3.82. The molecule has 0 spiro atoms. The van der Waals surface area contributed by atoms with Crippen LogP contribution in [0.3, 0.4) is 0 Å². The first-order chi connectivity index (χ1) is 14.5. The van der Waals surface area contributed by atoms with Crippen molar-refractivity contribution in [1.29, 1.82) is 0 Å². The van der Waals surface area contributed by atoms with E-state index < -0.39 is 0 Å². The van der Waals surface area contributed by atoms with Gasteiger partial charge in [-0.1, -0.05) is 30.3 Å². The summed E-state index contributed by atoms with van der Waals surface area (Å²) in [5.41, 5.74) is 2.87. The highest BCUT2D eigenvalue weighted by Crippen LogP contribution is 2.31. The molecule has 0 unspecified atom stereocenters. The molecule has 2 aromatic carbocycles. The Morgan fingerprint density at radius 1 is 1.03 bits per heavy atom. The molecule has 0 bridgehead atoms. The molecule has 2 heterocycles. The summed E-state index contributed by atoms with van der Waals surface area (Å²) in [4.78, 5) is 25.4. The minimum absolute atomic E-state index is 0.0186. The highest BCUT2D eigenvalue weighted by Gasteiger charge is 2.19. The molecule has 0 fully saturated rings. The number of amides is 1. The average molecular weight is 403 g/mol. The lowest BCUT2D eigenvalue weighted by Crippen LogP contribution is -2.29. The summed E-state index contributed by atoms with van der Waals surface area (Å²) in [6, 6.07) is 16.4. The monoisotopic (exact) mass is 403 g/mol. The smallest absolute Gasteiger partial charge is 0.258 e. The summed E-state index contributed by atoms with van der Waals surface area (Å²) >= 11 is 0. The molecule has 1 amide bonds. The molecular weight excluding hydrogens is 382 g/mol. The SMILES string of the molecule is Cc1cc2oc(-c3ccccc3)c(OCC(=O)NCc3ccco3)c(=O)c2cc1C. The van der Waals surface area contributed by atoms with E-state index in [0.717, 1.165) is 11.1 Å². The molecule has 0 radical (unpaired) electrons. The molecule has 152 valence electrons. The average Bonchev–Trinajstić information content (AvgIpc) is 3.27. The van der Waals surface area contributed by atoms with E-state index in [1.54, 1.807) is 18.2 Å². The van der Waals surface area contributed by atoms with E-state index in [9.17, 15) is 9.59 Å². The molecule has 1 N–H and O–H groups in total. The fourth-order valence-electron chi connectivity index (χ4n) is 3.13. The molecule has 4 aromatic rings. The maximum atomic E-state index is 13.2. The molecule has 0 saturated carbocycles. The van der Waals surface area contributed by atoms with Crippen molar-refractivity contribution in [3.8, 4) is 17.1 Å². The fraction of sp³-hybridized carbons (Fsp3) is 0.167. The number of aryl methyl sites for hydroxylation is 2. The van der Waals surface area contributed by atoms with Crippen LogP contribution in [-0.2, 0) is 11.3 Å². The molecule has 2 aromatic heterocycles. The number of carbonyl (C=O) groups is 1. The van der Waals surface area contributed by atoms with Crippen molar-refractivity contribution in [2.24, 2.45) is 0 Å². The Balaban J connectivity index is 1.68. The number of ether oxygens (including phenoxy) is 1. The van der Waals surface area contributed by atoms with Crippen molar-refractivity contribution in [3.05, 3.63) is 88.0 Å². The molecule has 0 aliphatic heterocycles. The molecule has 0 aliphatic rings. The van der Waals surface area contributed by atoms with Crippen molar-refractivity contribution >= 4 is 16.9 Å². The Labute approximate surface area is 173 Å². The third-order valence-corrected chi connectivity index (χ3v) is 4.89. The lowest BCUT2D eigenvalue weighted by atomic mass is 10.0. The number of hydrogen-bond acceptors (Lipinski definition) is 5. The van der Waals surface area contributed by atoms with Gasteiger partial charge >= 0.3 is 0 Å². The largest absolute Gasteiger partial charge is 0.476 e. The number of benzene rings is 2. The van der Waals surface area contributed by atoms with E-state index in [1.807, 2.05) is 50.2 Å². The highest BCUT2D eigenvalue weighted by atomic mass is 16.5. The van der Waals surface area contributed by atoms with Gasteiger partial charge in [0.25, 0.3) is 5.91 Å². The van der Waals surface area contributed by atoms with Gasteiger partial charge in [0.05, 0.1) is 18.2 Å². The van der Waals surface area contributed by atoms with Crippen LogP contribution in [0.4, 0.5) is 0 Å². The Morgan fingerprint density at radius 2 is 1.80 bits per heavy atom. The van der Waals surface area contributed by atoms with Gasteiger partial charge in [0.15, 0.2) is 12.4 Å². The summed E-state index contributed by atoms with van der Waals surface area (Å²) in [7, 11) is 0. The Bertz CT molecular complexity index is 1240. The van der Waals surface area contributed by atoms with Crippen molar-refractivity contribution in [1.82, 2.24) is 5.32 Å². The molecule has 0 atom stereocenters. The maximum absolute atomic E-state index is 13.2. The van der Waals surface area contributed by atoms with Gasteiger partial charge in [-0.15, -0.1) is 0 Å². The van der Waals surface area contributed by atoms with Crippen molar-refractivity contribution in [2.45, 2.75) is 20.4 Å². The molecule has 4 rings (SSSR count). The highest BCUT2D eigenvalue weighted by molar-refractivity contribution is 5.84. The van der Waals surface area contributed by atoms with E-state index in [1.165, 1.54) is 6.26 Å². The van der Waals surface area contributed by atoms with Gasteiger partial charge in [-0.3, -0.25) is 9.59 Å². The Hall–Kier alpha value is -3.80. The van der Waals surface area contributed by atoms with Gasteiger partial charge in [-0.2, -0.15) is 0 Å². The summed E-state index contributed by atoms with van der Waals surface area (Å²) in [6.07, 6.45) is 1.54. The van der Waals surface area contributed by atoms with Crippen LogP contribution in [-0.4, -0.2) is 12.5 Å². The zero-order valence-electron chi connectivity index (χ0n) is 16.7. The third-order valence-electron chi connectivity index (χ3n) is 4.89. The third kappa shape index (κ3) is 3.98. The van der Waals surface area contributed by atoms with Crippen LogP contribution < -0.4 is 15.5 Å². The predicted octanol–water partition coefficient (Wildman–Crippen LogP) is 4.37. The number of carbonyl (C=O) groups excluding carboxylic acids is 1. The minimum atomic E-state index is -0.370. The zero-order chi connectivity index (χ0) is 21.1. The number of hydrogen-bond donors (Lipinski definition) is 1. The Kier molecular flexibility index (Phi) is 5.39. The molecule has 0 aliphatic carbocycles. The molecule has 30 heavy (non-hydrogen) atoms. The molecular formula is C24H21NO5. The minimum Gasteiger partial charge on any atom is -0.476 e. The summed E-state index contributed by atoms with van der Waals surface area (Å²) < 4.78 is 16.9. The van der Waals surface area contributed by atoms with Gasteiger partial charge < -0.3 is 18.9 Å². The lowest BCUT2D eigenvalue weighted by Gasteiger charge is -2.12. The normalized spacial score (nSPS) is 10.9. The summed E-state index contributed by atoms with van der Waals surface area (Å²) in [5, 5.41) is 3.12. The quantitative estimate of drug-likeness (QED) is 0.517. The van der Waals surface area contributed by atoms with Crippen molar-refractivity contribution in [2.75, 3.05) is 6.61 Å². The molecule has 0 saturated heterocycles. The number of nitrogens with one attached hydrogen (secondary N) is 1. The van der Waals surface area contributed by atoms with Crippen LogP contribution in [0.2, 0.25) is 0 Å². The number of fused-ring (bicyclic) bond motifs is 1. The summed E-state index contributed by atoms with van der Waals surface area (Å²) in [5.74, 6) is 0.578. The van der Waals surface area contributed by atoms with Crippen LogP contribution in [0.15, 0.2) is 74.5 Å². The second-order valence-corrected chi connectivity index (χ2v) is 7.03. The van der Waals surface area contributed by atoms with Crippen LogP contribution in [0.1, 0.15) is 16.9 Å². The van der Waals surface area contributed by atoms with Crippen LogP contribution in [0.5, 0.6) is 5.75 Å².